The smallest absolute Gasteiger partial charge is 0.253 e. The van der Waals surface area contributed by atoms with Gasteiger partial charge in [-0.3, -0.25) is 4.79 Å². The highest BCUT2D eigenvalue weighted by Gasteiger charge is 2.38. The second kappa shape index (κ2) is 6.95. The molecular weight excluding hydrogens is 449 g/mol. The van der Waals surface area contributed by atoms with Gasteiger partial charge in [-0.25, -0.2) is 0 Å². The van der Waals surface area contributed by atoms with Crippen LogP contribution in [-0.2, 0) is 0 Å². The average Bonchev–Trinajstić information content (AvgIpc) is 2.49. The van der Waals surface area contributed by atoms with Crippen molar-refractivity contribution in [3.8, 4) is 0 Å². The van der Waals surface area contributed by atoms with Gasteiger partial charge in [0.1, 0.15) is 5.54 Å². The fraction of sp³-hybridized carbons (Fsp3) is 0.429. The molecule has 0 bridgehead atoms. The van der Waals surface area contributed by atoms with Crippen molar-refractivity contribution in [2.45, 2.75) is 37.6 Å². The highest BCUT2D eigenvalue weighted by atomic mass is 127. The van der Waals surface area contributed by atoms with Crippen LogP contribution in [0.3, 0.4) is 0 Å². The molecule has 5 nitrogen and oxygen atoms in total. The minimum atomic E-state index is -0.741. The van der Waals surface area contributed by atoms with Gasteiger partial charge >= 0.3 is 0 Å². The number of carbonyl (C=O) groups is 1. The number of nitrogens with two attached hydrogens (primary N) is 1. The van der Waals surface area contributed by atoms with Crippen LogP contribution in [0, 0.1) is 3.57 Å². The summed E-state index contributed by atoms with van der Waals surface area (Å²) < 4.78 is 1.70. The van der Waals surface area contributed by atoms with E-state index in [9.17, 15) is 4.79 Å². The van der Waals surface area contributed by atoms with Crippen LogP contribution in [0.2, 0.25) is 0 Å². The van der Waals surface area contributed by atoms with Crippen LogP contribution in [0.15, 0.2) is 27.8 Å². The number of halogens is 2. The zero-order chi connectivity index (χ0) is 15.5. The molecule has 2 rings (SSSR count). The second-order valence-corrected chi connectivity index (χ2v) is 7.28. The van der Waals surface area contributed by atoms with E-state index in [1.54, 1.807) is 6.07 Å². The molecule has 0 atom stereocenters. The standard InChI is InChI=1S/C14H17BrIN3O2/c15-9-4-5-11(16)10(8-9)12(20)18-14(13(17)19-21)6-2-1-3-7-14/h4-5,8,21H,1-3,6-7H2,(H2,17,19)(H,18,20). The highest BCUT2D eigenvalue weighted by Crippen LogP contribution is 2.29. The predicted molar refractivity (Wildman–Crippen MR) is 93.6 cm³/mol. The van der Waals surface area contributed by atoms with Crippen LogP contribution in [-0.4, -0.2) is 22.5 Å². The topological polar surface area (TPSA) is 87.7 Å². The molecule has 0 saturated heterocycles. The van der Waals surface area contributed by atoms with Crippen molar-refractivity contribution in [2.24, 2.45) is 10.9 Å². The zero-order valence-electron chi connectivity index (χ0n) is 11.4. The first kappa shape index (κ1) is 16.5. The van der Waals surface area contributed by atoms with Gasteiger partial charge in [-0.05, 0) is 53.6 Å². The first-order valence-corrected chi connectivity index (χ1v) is 8.61. The van der Waals surface area contributed by atoms with Crippen LogP contribution in [0.1, 0.15) is 42.5 Å². The fourth-order valence-electron chi connectivity index (χ4n) is 2.65. The maximum absolute atomic E-state index is 12.6. The molecule has 1 aliphatic carbocycles. The Morgan fingerprint density at radius 1 is 1.38 bits per heavy atom. The molecule has 1 aliphatic rings. The molecule has 1 saturated carbocycles. The molecular formula is C14H17BrIN3O2. The number of carbonyl (C=O) groups excluding carboxylic acids is 1. The number of oxime groups is 1. The van der Waals surface area contributed by atoms with Gasteiger partial charge in [-0.1, -0.05) is 40.3 Å². The molecule has 1 amide bonds. The van der Waals surface area contributed by atoms with Gasteiger partial charge in [0.15, 0.2) is 5.84 Å². The van der Waals surface area contributed by atoms with Crippen LogP contribution < -0.4 is 11.1 Å². The molecule has 0 aromatic heterocycles. The van der Waals surface area contributed by atoms with Crippen molar-refractivity contribution in [2.75, 3.05) is 0 Å². The van der Waals surface area contributed by atoms with Crippen LogP contribution >= 0.6 is 38.5 Å². The molecule has 7 heteroatoms. The third kappa shape index (κ3) is 3.68. The third-order valence-electron chi connectivity index (χ3n) is 3.83. The van der Waals surface area contributed by atoms with Gasteiger partial charge in [0.25, 0.3) is 5.91 Å². The lowest BCUT2D eigenvalue weighted by Crippen LogP contribution is -2.58. The summed E-state index contributed by atoms with van der Waals surface area (Å²) >= 11 is 5.50. The summed E-state index contributed by atoms with van der Waals surface area (Å²) in [6.07, 6.45) is 4.39. The van der Waals surface area contributed by atoms with Crippen LogP contribution in [0.5, 0.6) is 0 Å². The molecule has 0 unspecified atom stereocenters. The summed E-state index contributed by atoms with van der Waals surface area (Å²) in [5, 5.41) is 15.2. The van der Waals surface area contributed by atoms with E-state index in [1.165, 1.54) is 0 Å². The molecule has 1 fully saturated rings. The number of benzene rings is 1. The summed E-state index contributed by atoms with van der Waals surface area (Å²) in [6, 6.07) is 5.54. The first-order valence-electron chi connectivity index (χ1n) is 6.74. The van der Waals surface area contributed by atoms with E-state index in [-0.39, 0.29) is 11.7 Å². The van der Waals surface area contributed by atoms with Crippen LogP contribution in [0.25, 0.3) is 0 Å². The van der Waals surface area contributed by atoms with Gasteiger partial charge in [0, 0.05) is 8.04 Å². The van der Waals surface area contributed by atoms with E-state index in [0.717, 1.165) is 27.3 Å². The lowest BCUT2D eigenvalue weighted by Gasteiger charge is -2.36. The SMILES string of the molecule is N/C(=N/O)C1(NC(=O)c2cc(Br)ccc2I)CCCCC1. The number of amidine groups is 1. The predicted octanol–water partition coefficient (Wildman–Crippen LogP) is 3.23. The van der Waals surface area contributed by atoms with Crippen molar-refractivity contribution in [3.05, 3.63) is 31.8 Å². The molecule has 21 heavy (non-hydrogen) atoms. The van der Waals surface area contributed by atoms with E-state index >= 15 is 0 Å². The fourth-order valence-corrected chi connectivity index (χ4v) is 3.59. The normalized spacial score (nSPS) is 18.3. The molecule has 4 N–H and O–H groups in total. The Labute approximate surface area is 145 Å². The molecule has 0 spiro atoms. The van der Waals surface area contributed by atoms with Gasteiger partial charge in [0.05, 0.1) is 5.56 Å². The third-order valence-corrected chi connectivity index (χ3v) is 5.26. The Morgan fingerprint density at radius 2 is 2.05 bits per heavy atom. The minimum absolute atomic E-state index is 0.0838. The second-order valence-electron chi connectivity index (χ2n) is 5.21. The molecule has 0 radical (unpaired) electrons. The number of hydrogen-bond donors (Lipinski definition) is 3. The van der Waals surface area contributed by atoms with E-state index < -0.39 is 5.54 Å². The van der Waals surface area contributed by atoms with Crippen molar-refractivity contribution in [1.29, 1.82) is 0 Å². The molecule has 114 valence electrons. The van der Waals surface area contributed by atoms with Gasteiger partial charge < -0.3 is 16.3 Å². The Kier molecular flexibility index (Phi) is 5.48. The monoisotopic (exact) mass is 465 g/mol. The van der Waals surface area contributed by atoms with Crippen molar-refractivity contribution < 1.29 is 10.0 Å². The van der Waals surface area contributed by atoms with Gasteiger partial charge in [-0.15, -0.1) is 0 Å². The summed E-state index contributed by atoms with van der Waals surface area (Å²) in [5.74, 6) is -0.116. The largest absolute Gasteiger partial charge is 0.409 e. The Morgan fingerprint density at radius 3 is 2.67 bits per heavy atom. The maximum Gasteiger partial charge on any atom is 0.253 e. The zero-order valence-corrected chi connectivity index (χ0v) is 15.1. The Hall–Kier alpha value is -0.830. The first-order chi connectivity index (χ1) is 9.98. The number of nitrogens with one attached hydrogen (secondary N) is 1. The number of hydrogen-bond acceptors (Lipinski definition) is 3. The van der Waals surface area contributed by atoms with Crippen molar-refractivity contribution in [3.63, 3.8) is 0 Å². The number of rotatable bonds is 3. The lowest BCUT2D eigenvalue weighted by atomic mass is 9.80. The number of amides is 1. The summed E-state index contributed by atoms with van der Waals surface area (Å²) in [4.78, 5) is 12.6. The maximum atomic E-state index is 12.6. The van der Waals surface area contributed by atoms with E-state index in [4.69, 9.17) is 10.9 Å². The van der Waals surface area contributed by atoms with Gasteiger partial charge in [0.2, 0.25) is 0 Å². The minimum Gasteiger partial charge on any atom is -0.409 e. The van der Waals surface area contributed by atoms with E-state index in [1.807, 2.05) is 12.1 Å². The van der Waals surface area contributed by atoms with Gasteiger partial charge in [-0.2, -0.15) is 0 Å². The molecule has 1 aromatic carbocycles. The summed E-state index contributed by atoms with van der Waals surface area (Å²) in [5.41, 5.74) is 5.69. The molecule has 1 aromatic rings. The van der Waals surface area contributed by atoms with Crippen LogP contribution in [0.4, 0.5) is 0 Å². The van der Waals surface area contributed by atoms with E-state index in [0.29, 0.717) is 18.4 Å². The lowest BCUT2D eigenvalue weighted by molar-refractivity contribution is 0.0904. The van der Waals surface area contributed by atoms with E-state index in [2.05, 4.69) is 49.0 Å². The summed E-state index contributed by atoms with van der Waals surface area (Å²) in [7, 11) is 0. The van der Waals surface area contributed by atoms with Crippen molar-refractivity contribution in [1.82, 2.24) is 5.32 Å². The summed E-state index contributed by atoms with van der Waals surface area (Å²) in [6.45, 7) is 0. The Balaban J connectivity index is 2.28. The Bertz CT molecular complexity index is 571. The quantitative estimate of drug-likeness (QED) is 0.210. The average molecular weight is 466 g/mol. The van der Waals surface area contributed by atoms with Crippen molar-refractivity contribution >= 4 is 50.3 Å². The highest BCUT2D eigenvalue weighted by molar-refractivity contribution is 14.1. The number of nitrogens with zero attached hydrogens (tertiary/aromatic N) is 1. The molecule has 0 heterocycles. The molecule has 0 aliphatic heterocycles.